The van der Waals surface area contributed by atoms with Crippen molar-refractivity contribution >= 4 is 21.4 Å². The van der Waals surface area contributed by atoms with Crippen LogP contribution < -0.4 is 11.3 Å². The first kappa shape index (κ1) is 13.2. The molecule has 0 spiro atoms. The van der Waals surface area contributed by atoms with Gasteiger partial charge in [-0.15, -0.1) is 11.3 Å². The van der Waals surface area contributed by atoms with E-state index in [4.69, 9.17) is 5.84 Å². The molecule has 0 bridgehead atoms. The Kier molecular flexibility index (Phi) is 3.48. The summed E-state index contributed by atoms with van der Waals surface area (Å²) < 4.78 is 28.9. The zero-order valence-corrected chi connectivity index (χ0v) is 11.3. The lowest BCUT2D eigenvalue weighted by molar-refractivity contribution is 0.514. The summed E-state index contributed by atoms with van der Waals surface area (Å²) in [5.74, 6) is 4.31. The lowest BCUT2D eigenvalue weighted by Crippen LogP contribution is -2.29. The van der Waals surface area contributed by atoms with Crippen LogP contribution in [0.1, 0.15) is 16.5 Å². The van der Waals surface area contributed by atoms with Gasteiger partial charge in [-0.05, 0) is 29.7 Å². The molecule has 0 amide bonds. The van der Waals surface area contributed by atoms with Crippen molar-refractivity contribution < 1.29 is 8.78 Å². The third-order valence-electron chi connectivity index (χ3n) is 3.18. The van der Waals surface area contributed by atoms with Gasteiger partial charge in [-0.25, -0.2) is 14.2 Å². The SMILES string of the molecule is NNC(c1cc2ccccc2s1)c1c(F)cccc1F. The fourth-order valence-corrected chi connectivity index (χ4v) is 3.37. The van der Waals surface area contributed by atoms with Gasteiger partial charge in [-0.3, -0.25) is 5.84 Å². The lowest BCUT2D eigenvalue weighted by atomic mass is 10.0. The molecule has 0 aliphatic heterocycles. The van der Waals surface area contributed by atoms with E-state index in [0.717, 1.165) is 15.0 Å². The van der Waals surface area contributed by atoms with Gasteiger partial charge in [0.25, 0.3) is 0 Å². The number of halogens is 2. The Morgan fingerprint density at radius 3 is 2.35 bits per heavy atom. The van der Waals surface area contributed by atoms with Gasteiger partial charge >= 0.3 is 0 Å². The molecule has 2 nitrogen and oxygen atoms in total. The molecule has 5 heteroatoms. The molecule has 0 fully saturated rings. The number of rotatable bonds is 3. The monoisotopic (exact) mass is 290 g/mol. The quantitative estimate of drug-likeness (QED) is 0.570. The molecule has 0 aliphatic rings. The van der Waals surface area contributed by atoms with E-state index < -0.39 is 17.7 Å². The van der Waals surface area contributed by atoms with Gasteiger partial charge in [-0.1, -0.05) is 24.3 Å². The molecule has 0 saturated heterocycles. The van der Waals surface area contributed by atoms with Crippen molar-refractivity contribution in [3.8, 4) is 0 Å². The molecule has 3 aromatic rings. The van der Waals surface area contributed by atoms with Gasteiger partial charge in [0.1, 0.15) is 11.6 Å². The first-order chi connectivity index (χ1) is 9.70. The number of thiophene rings is 1. The van der Waals surface area contributed by atoms with Crippen LogP contribution >= 0.6 is 11.3 Å². The molecule has 3 N–H and O–H groups in total. The maximum atomic E-state index is 13.9. The second kappa shape index (κ2) is 5.28. The highest BCUT2D eigenvalue weighted by atomic mass is 32.1. The molecule has 102 valence electrons. The van der Waals surface area contributed by atoms with Crippen LogP contribution in [0.2, 0.25) is 0 Å². The van der Waals surface area contributed by atoms with Gasteiger partial charge in [0, 0.05) is 15.1 Å². The van der Waals surface area contributed by atoms with Crippen LogP contribution in [0.25, 0.3) is 10.1 Å². The molecule has 0 aliphatic carbocycles. The average molecular weight is 290 g/mol. The smallest absolute Gasteiger partial charge is 0.131 e. The number of hydrazine groups is 1. The van der Waals surface area contributed by atoms with Crippen molar-refractivity contribution in [2.24, 2.45) is 5.84 Å². The highest BCUT2D eigenvalue weighted by Crippen LogP contribution is 2.34. The Bertz CT molecular complexity index is 701. The van der Waals surface area contributed by atoms with Crippen LogP contribution in [-0.4, -0.2) is 0 Å². The van der Waals surface area contributed by atoms with E-state index in [1.54, 1.807) is 0 Å². The highest BCUT2D eigenvalue weighted by molar-refractivity contribution is 7.19. The van der Waals surface area contributed by atoms with Gasteiger partial charge < -0.3 is 0 Å². The zero-order valence-electron chi connectivity index (χ0n) is 10.4. The van der Waals surface area contributed by atoms with Gasteiger partial charge in [0.2, 0.25) is 0 Å². The minimum absolute atomic E-state index is 0.0541. The van der Waals surface area contributed by atoms with E-state index in [0.29, 0.717) is 0 Å². The standard InChI is InChI=1S/C15H12F2N2S/c16-10-5-3-6-11(17)14(10)15(19-18)13-8-9-4-1-2-7-12(9)20-13/h1-8,15,19H,18H2. The predicted molar refractivity (Wildman–Crippen MR) is 77.3 cm³/mol. The molecule has 0 radical (unpaired) electrons. The van der Waals surface area contributed by atoms with Crippen molar-refractivity contribution in [1.82, 2.24) is 5.43 Å². The zero-order chi connectivity index (χ0) is 14.1. The van der Waals surface area contributed by atoms with E-state index in [2.05, 4.69) is 5.43 Å². The second-order valence-corrected chi connectivity index (χ2v) is 5.54. The Hall–Kier alpha value is -1.82. The molecule has 20 heavy (non-hydrogen) atoms. The van der Waals surface area contributed by atoms with Crippen LogP contribution in [0, 0.1) is 11.6 Å². The molecule has 2 aromatic carbocycles. The third kappa shape index (κ3) is 2.20. The first-order valence-corrected chi connectivity index (χ1v) is 6.91. The molecular formula is C15H12F2N2S. The summed E-state index contributed by atoms with van der Waals surface area (Å²) in [6.45, 7) is 0. The van der Waals surface area contributed by atoms with Gasteiger partial charge in [0.15, 0.2) is 0 Å². The normalized spacial score (nSPS) is 12.8. The summed E-state index contributed by atoms with van der Waals surface area (Å²) in [5.41, 5.74) is 2.45. The van der Waals surface area contributed by atoms with Crippen LogP contribution in [0.3, 0.4) is 0 Å². The molecule has 1 atom stereocenters. The summed E-state index contributed by atoms with van der Waals surface area (Å²) in [7, 11) is 0. The summed E-state index contributed by atoms with van der Waals surface area (Å²) in [5, 5.41) is 1.03. The number of nitrogens with two attached hydrogens (primary N) is 1. The minimum atomic E-state index is -0.700. The lowest BCUT2D eigenvalue weighted by Gasteiger charge is -2.16. The third-order valence-corrected chi connectivity index (χ3v) is 4.37. The van der Waals surface area contributed by atoms with Crippen LogP contribution in [0.5, 0.6) is 0 Å². The van der Waals surface area contributed by atoms with Crippen LogP contribution in [0.15, 0.2) is 48.5 Å². The van der Waals surface area contributed by atoms with E-state index >= 15 is 0 Å². The Morgan fingerprint density at radius 2 is 1.70 bits per heavy atom. The van der Waals surface area contributed by atoms with E-state index in [1.807, 2.05) is 30.3 Å². The van der Waals surface area contributed by atoms with Crippen LogP contribution in [-0.2, 0) is 0 Å². The predicted octanol–water partition coefficient (Wildman–Crippen LogP) is 3.73. The number of benzene rings is 2. The van der Waals surface area contributed by atoms with E-state index in [1.165, 1.54) is 29.5 Å². The number of hydrogen-bond donors (Lipinski definition) is 2. The van der Waals surface area contributed by atoms with Crippen molar-refractivity contribution in [3.05, 3.63) is 70.6 Å². The summed E-state index contributed by atoms with van der Waals surface area (Å²) in [4.78, 5) is 0.776. The summed E-state index contributed by atoms with van der Waals surface area (Å²) in [6, 6.07) is 12.8. The first-order valence-electron chi connectivity index (χ1n) is 6.09. The number of nitrogens with one attached hydrogen (secondary N) is 1. The average Bonchev–Trinajstić information content (AvgIpc) is 2.86. The molecule has 1 aromatic heterocycles. The number of hydrogen-bond acceptors (Lipinski definition) is 3. The van der Waals surface area contributed by atoms with Gasteiger partial charge in [0.05, 0.1) is 6.04 Å². The van der Waals surface area contributed by atoms with E-state index in [-0.39, 0.29) is 5.56 Å². The summed E-state index contributed by atoms with van der Waals surface area (Å²) in [6.07, 6.45) is 0. The fraction of sp³-hybridized carbons (Fsp3) is 0.0667. The Morgan fingerprint density at radius 1 is 1.00 bits per heavy atom. The summed E-state index contributed by atoms with van der Waals surface area (Å²) >= 11 is 1.47. The van der Waals surface area contributed by atoms with Crippen molar-refractivity contribution in [3.63, 3.8) is 0 Å². The van der Waals surface area contributed by atoms with Crippen molar-refractivity contribution in [2.45, 2.75) is 6.04 Å². The largest absolute Gasteiger partial charge is 0.271 e. The highest BCUT2D eigenvalue weighted by Gasteiger charge is 2.22. The minimum Gasteiger partial charge on any atom is -0.271 e. The molecular weight excluding hydrogens is 278 g/mol. The molecule has 3 rings (SSSR count). The molecule has 1 heterocycles. The number of fused-ring (bicyclic) bond motifs is 1. The van der Waals surface area contributed by atoms with Crippen LogP contribution in [0.4, 0.5) is 8.78 Å². The maximum absolute atomic E-state index is 13.9. The molecule has 0 saturated carbocycles. The second-order valence-electron chi connectivity index (χ2n) is 4.42. The maximum Gasteiger partial charge on any atom is 0.131 e. The topological polar surface area (TPSA) is 38.0 Å². The molecule has 1 unspecified atom stereocenters. The fourth-order valence-electron chi connectivity index (χ4n) is 2.24. The van der Waals surface area contributed by atoms with Crippen molar-refractivity contribution in [1.29, 1.82) is 0 Å². The Labute approximate surface area is 118 Å². The Balaban J connectivity index is 2.14. The van der Waals surface area contributed by atoms with E-state index in [9.17, 15) is 8.78 Å². The van der Waals surface area contributed by atoms with Crippen molar-refractivity contribution in [2.75, 3.05) is 0 Å². The van der Waals surface area contributed by atoms with Gasteiger partial charge in [-0.2, -0.15) is 0 Å².